The Balaban J connectivity index is 1.90. The molecule has 1 aromatic heterocycles. The van der Waals surface area contributed by atoms with Crippen LogP contribution in [0, 0.1) is 11.6 Å². The molecular weight excluding hydrogens is 423 g/mol. The Bertz CT molecular complexity index is 1020. The molecule has 0 saturated carbocycles. The van der Waals surface area contributed by atoms with Crippen molar-refractivity contribution in [3.63, 3.8) is 0 Å². The first-order chi connectivity index (χ1) is 13.1. The second-order valence-electron chi connectivity index (χ2n) is 5.50. The standard InChI is InChI=1S/C17H10ClF5N4S/c18-9-1-4-11(5-2-9)27-15(17(21,22)23)14(8-24-27)26-16(28)25-13-7-10(19)3-6-12(13)20/h1-8H,(H2,25,26,28). The van der Waals surface area contributed by atoms with Gasteiger partial charge in [-0.2, -0.15) is 18.3 Å². The van der Waals surface area contributed by atoms with Gasteiger partial charge in [-0.3, -0.25) is 0 Å². The van der Waals surface area contributed by atoms with Crippen molar-refractivity contribution >= 4 is 40.3 Å². The zero-order valence-electron chi connectivity index (χ0n) is 13.7. The summed E-state index contributed by atoms with van der Waals surface area (Å²) in [6.45, 7) is 0. The molecule has 4 nitrogen and oxygen atoms in total. The molecule has 2 aromatic carbocycles. The summed E-state index contributed by atoms with van der Waals surface area (Å²) in [5, 5.41) is 8.36. The first-order valence-electron chi connectivity index (χ1n) is 7.59. The maximum atomic E-state index is 13.7. The van der Waals surface area contributed by atoms with E-state index >= 15 is 0 Å². The molecule has 28 heavy (non-hydrogen) atoms. The number of nitrogens with one attached hydrogen (secondary N) is 2. The largest absolute Gasteiger partial charge is 0.435 e. The van der Waals surface area contributed by atoms with Crippen molar-refractivity contribution in [1.82, 2.24) is 9.78 Å². The number of anilines is 2. The van der Waals surface area contributed by atoms with Crippen LogP contribution in [0.5, 0.6) is 0 Å². The van der Waals surface area contributed by atoms with Crippen LogP contribution in [0.15, 0.2) is 48.7 Å². The van der Waals surface area contributed by atoms with Gasteiger partial charge in [0.25, 0.3) is 0 Å². The molecule has 0 saturated heterocycles. The first-order valence-corrected chi connectivity index (χ1v) is 8.38. The lowest BCUT2D eigenvalue weighted by Gasteiger charge is -2.15. The number of hydrogen-bond donors (Lipinski definition) is 2. The summed E-state index contributed by atoms with van der Waals surface area (Å²) in [6.07, 6.45) is -3.86. The summed E-state index contributed by atoms with van der Waals surface area (Å²) in [7, 11) is 0. The SMILES string of the molecule is Fc1ccc(F)c(NC(=S)Nc2cnn(-c3ccc(Cl)cc3)c2C(F)(F)F)c1. The average Bonchev–Trinajstić information content (AvgIpc) is 3.02. The highest BCUT2D eigenvalue weighted by molar-refractivity contribution is 7.80. The van der Waals surface area contributed by atoms with Crippen LogP contribution >= 0.6 is 23.8 Å². The number of nitrogens with zero attached hydrogens (tertiary/aromatic N) is 2. The Morgan fingerprint density at radius 1 is 1.00 bits per heavy atom. The number of alkyl halides is 3. The topological polar surface area (TPSA) is 41.9 Å². The average molecular weight is 433 g/mol. The predicted octanol–water partition coefficient (Wildman–Crippen LogP) is 5.63. The number of benzene rings is 2. The Kier molecular flexibility index (Phi) is 5.52. The molecule has 0 bridgehead atoms. The molecule has 1 heterocycles. The van der Waals surface area contributed by atoms with E-state index < -0.39 is 29.2 Å². The minimum absolute atomic E-state index is 0.125. The van der Waals surface area contributed by atoms with Crippen molar-refractivity contribution in [1.29, 1.82) is 0 Å². The summed E-state index contributed by atoms with van der Waals surface area (Å²) >= 11 is 10.7. The van der Waals surface area contributed by atoms with Gasteiger partial charge in [0.1, 0.15) is 11.6 Å². The van der Waals surface area contributed by atoms with Crippen molar-refractivity contribution in [3.8, 4) is 5.69 Å². The van der Waals surface area contributed by atoms with Crippen LogP contribution in [0.25, 0.3) is 5.69 Å². The van der Waals surface area contributed by atoms with E-state index in [0.717, 1.165) is 24.4 Å². The van der Waals surface area contributed by atoms with Gasteiger partial charge in [-0.05, 0) is 48.6 Å². The number of thiocarbonyl (C=S) groups is 1. The zero-order valence-corrected chi connectivity index (χ0v) is 15.3. The fourth-order valence-corrected chi connectivity index (χ4v) is 2.71. The Morgan fingerprint density at radius 3 is 2.29 bits per heavy atom. The molecule has 0 aliphatic rings. The molecule has 0 atom stereocenters. The maximum absolute atomic E-state index is 13.7. The van der Waals surface area contributed by atoms with Crippen molar-refractivity contribution < 1.29 is 22.0 Å². The van der Waals surface area contributed by atoms with E-state index in [1.54, 1.807) is 0 Å². The summed E-state index contributed by atoms with van der Waals surface area (Å²) in [4.78, 5) is 0. The van der Waals surface area contributed by atoms with Gasteiger partial charge in [-0.1, -0.05) is 11.6 Å². The van der Waals surface area contributed by atoms with Crippen LogP contribution in [0.4, 0.5) is 33.3 Å². The lowest BCUT2D eigenvalue weighted by atomic mass is 10.3. The lowest BCUT2D eigenvalue weighted by molar-refractivity contribution is -0.142. The second-order valence-corrected chi connectivity index (χ2v) is 6.34. The molecule has 0 spiro atoms. The van der Waals surface area contributed by atoms with Crippen LogP contribution < -0.4 is 10.6 Å². The van der Waals surface area contributed by atoms with Gasteiger partial charge in [0.05, 0.1) is 23.3 Å². The molecule has 0 unspecified atom stereocenters. The Hall–Kier alpha value is -2.72. The second kappa shape index (κ2) is 7.72. The van der Waals surface area contributed by atoms with Crippen molar-refractivity contribution in [2.75, 3.05) is 10.6 Å². The quantitative estimate of drug-likeness (QED) is 0.415. The highest BCUT2D eigenvalue weighted by Crippen LogP contribution is 2.36. The number of rotatable bonds is 3. The highest BCUT2D eigenvalue weighted by Gasteiger charge is 2.39. The Labute approximate surface area is 165 Å². The third-order valence-corrected chi connectivity index (χ3v) is 3.99. The van der Waals surface area contributed by atoms with E-state index in [9.17, 15) is 22.0 Å². The molecule has 11 heteroatoms. The molecule has 0 aliphatic carbocycles. The van der Waals surface area contributed by atoms with Crippen LogP contribution in [0.1, 0.15) is 5.69 Å². The van der Waals surface area contributed by atoms with E-state index in [1.807, 2.05) is 0 Å². The molecule has 2 N–H and O–H groups in total. The van der Waals surface area contributed by atoms with E-state index in [2.05, 4.69) is 15.7 Å². The summed E-state index contributed by atoms with van der Waals surface area (Å²) in [5.74, 6) is -1.56. The van der Waals surface area contributed by atoms with Crippen molar-refractivity contribution in [3.05, 3.63) is 71.0 Å². The monoisotopic (exact) mass is 432 g/mol. The van der Waals surface area contributed by atoms with Gasteiger partial charge in [0.15, 0.2) is 10.8 Å². The van der Waals surface area contributed by atoms with E-state index in [4.69, 9.17) is 23.8 Å². The van der Waals surface area contributed by atoms with Crippen LogP contribution in [-0.4, -0.2) is 14.9 Å². The molecule has 0 fully saturated rings. The normalized spacial score (nSPS) is 11.4. The summed E-state index contributed by atoms with van der Waals surface area (Å²) in [5.41, 5.74) is -1.79. The van der Waals surface area contributed by atoms with Gasteiger partial charge >= 0.3 is 6.18 Å². The van der Waals surface area contributed by atoms with Crippen molar-refractivity contribution in [2.45, 2.75) is 6.18 Å². The summed E-state index contributed by atoms with van der Waals surface area (Å²) in [6, 6.07) is 8.16. The molecule has 0 amide bonds. The van der Waals surface area contributed by atoms with E-state index in [0.29, 0.717) is 9.70 Å². The number of hydrogen-bond acceptors (Lipinski definition) is 2. The maximum Gasteiger partial charge on any atom is 0.435 e. The first kappa shape index (κ1) is 20.0. The number of aromatic nitrogens is 2. The smallest absolute Gasteiger partial charge is 0.330 e. The highest BCUT2D eigenvalue weighted by atomic mass is 35.5. The van der Waals surface area contributed by atoms with Crippen LogP contribution in [0.2, 0.25) is 5.02 Å². The fourth-order valence-electron chi connectivity index (χ4n) is 2.36. The third kappa shape index (κ3) is 4.39. The minimum atomic E-state index is -4.78. The minimum Gasteiger partial charge on any atom is -0.330 e. The predicted molar refractivity (Wildman–Crippen MR) is 99.8 cm³/mol. The van der Waals surface area contributed by atoms with Gasteiger partial charge in [-0.25, -0.2) is 13.5 Å². The van der Waals surface area contributed by atoms with Crippen LogP contribution in [0.3, 0.4) is 0 Å². The zero-order chi connectivity index (χ0) is 20.5. The van der Waals surface area contributed by atoms with E-state index in [-0.39, 0.29) is 16.5 Å². The molecule has 3 rings (SSSR count). The fraction of sp³-hybridized carbons (Fsp3) is 0.0588. The van der Waals surface area contributed by atoms with E-state index in [1.165, 1.54) is 24.3 Å². The van der Waals surface area contributed by atoms with Gasteiger partial charge < -0.3 is 10.6 Å². The third-order valence-electron chi connectivity index (χ3n) is 3.53. The molecular formula is C17H10ClF5N4S. The summed E-state index contributed by atoms with van der Waals surface area (Å²) < 4.78 is 68.4. The molecule has 3 aromatic rings. The van der Waals surface area contributed by atoms with Gasteiger partial charge in [-0.15, -0.1) is 0 Å². The molecule has 0 aliphatic heterocycles. The lowest BCUT2D eigenvalue weighted by Crippen LogP contribution is -2.22. The van der Waals surface area contributed by atoms with Crippen LogP contribution in [-0.2, 0) is 6.18 Å². The molecule has 0 radical (unpaired) electrons. The van der Waals surface area contributed by atoms with Gasteiger partial charge in [0.2, 0.25) is 0 Å². The van der Waals surface area contributed by atoms with Crippen molar-refractivity contribution in [2.24, 2.45) is 0 Å². The Morgan fingerprint density at radius 2 is 1.64 bits per heavy atom. The molecule has 146 valence electrons. The van der Waals surface area contributed by atoms with Gasteiger partial charge in [0, 0.05) is 11.1 Å². The number of halogens is 6.